The Hall–Kier alpha value is -1.50. The van der Waals surface area contributed by atoms with Crippen LogP contribution in [0.15, 0.2) is 0 Å². The standard InChI is InChI=1S/C6H6O4/c1-2-3-4-10-6(9)5(7)8/h4H2,1H3,(H,7,8). The number of hydrogen-bond donors (Lipinski definition) is 1. The molecule has 4 heteroatoms. The molecule has 4 nitrogen and oxygen atoms in total. The fourth-order valence-electron chi connectivity index (χ4n) is 0.236. The van der Waals surface area contributed by atoms with Crippen LogP contribution < -0.4 is 0 Å². The van der Waals surface area contributed by atoms with Gasteiger partial charge in [0.05, 0.1) is 0 Å². The van der Waals surface area contributed by atoms with Crippen LogP contribution in [0.4, 0.5) is 0 Å². The normalized spacial score (nSPS) is 7.30. The minimum Gasteiger partial charge on any atom is -0.473 e. The number of rotatable bonds is 1. The van der Waals surface area contributed by atoms with Crippen molar-refractivity contribution in [2.75, 3.05) is 6.61 Å². The molecule has 0 aromatic rings. The van der Waals surface area contributed by atoms with Gasteiger partial charge in [-0.05, 0) is 6.92 Å². The molecule has 0 amide bonds. The summed E-state index contributed by atoms with van der Waals surface area (Å²) < 4.78 is 4.13. The summed E-state index contributed by atoms with van der Waals surface area (Å²) >= 11 is 0. The molecule has 0 fully saturated rings. The van der Waals surface area contributed by atoms with Gasteiger partial charge in [0.15, 0.2) is 6.61 Å². The van der Waals surface area contributed by atoms with E-state index in [1.165, 1.54) is 0 Å². The lowest BCUT2D eigenvalue weighted by atomic mass is 10.6. The van der Waals surface area contributed by atoms with E-state index in [0.717, 1.165) is 0 Å². The SMILES string of the molecule is CC#CCOC(=O)C(=O)O. The molecule has 10 heavy (non-hydrogen) atoms. The predicted molar refractivity (Wildman–Crippen MR) is 32.0 cm³/mol. The molecule has 0 saturated heterocycles. The summed E-state index contributed by atoms with van der Waals surface area (Å²) in [5.41, 5.74) is 0. The van der Waals surface area contributed by atoms with Crippen LogP contribution in [0.3, 0.4) is 0 Å². The highest BCUT2D eigenvalue weighted by atomic mass is 16.6. The van der Waals surface area contributed by atoms with Crippen molar-refractivity contribution >= 4 is 11.9 Å². The second-order valence-corrected chi connectivity index (χ2v) is 1.31. The fourth-order valence-corrected chi connectivity index (χ4v) is 0.236. The zero-order valence-corrected chi connectivity index (χ0v) is 5.38. The Bertz CT molecular complexity index is 196. The Balaban J connectivity index is 3.57. The molecule has 0 spiro atoms. The Kier molecular flexibility index (Phi) is 3.73. The van der Waals surface area contributed by atoms with Crippen LogP contribution in [0.5, 0.6) is 0 Å². The second kappa shape index (κ2) is 4.39. The minimum absolute atomic E-state index is 0.165. The number of carboxylic acid groups (broad SMARTS) is 1. The number of carbonyl (C=O) groups is 2. The molecule has 0 radical (unpaired) electrons. The lowest BCUT2D eigenvalue weighted by molar-refractivity contribution is -0.162. The number of carboxylic acids is 1. The highest BCUT2D eigenvalue weighted by Gasteiger charge is 2.10. The van der Waals surface area contributed by atoms with Gasteiger partial charge in [0.2, 0.25) is 0 Å². The smallest absolute Gasteiger partial charge is 0.418 e. The molecule has 0 heterocycles. The summed E-state index contributed by atoms with van der Waals surface area (Å²) in [6.07, 6.45) is 0. The van der Waals surface area contributed by atoms with Crippen LogP contribution in [-0.4, -0.2) is 23.7 Å². The van der Waals surface area contributed by atoms with Gasteiger partial charge >= 0.3 is 11.9 Å². The Labute approximate surface area is 57.8 Å². The van der Waals surface area contributed by atoms with Crippen LogP contribution in [0.25, 0.3) is 0 Å². The molecular formula is C6H6O4. The largest absolute Gasteiger partial charge is 0.473 e. The Morgan fingerprint density at radius 2 is 2.20 bits per heavy atom. The van der Waals surface area contributed by atoms with E-state index in [-0.39, 0.29) is 6.61 Å². The quantitative estimate of drug-likeness (QED) is 0.308. The van der Waals surface area contributed by atoms with Gasteiger partial charge in [-0.15, -0.1) is 5.92 Å². The third-order valence-electron chi connectivity index (χ3n) is 0.627. The van der Waals surface area contributed by atoms with Gasteiger partial charge in [-0.25, -0.2) is 9.59 Å². The Morgan fingerprint density at radius 3 is 2.60 bits per heavy atom. The molecule has 0 aliphatic rings. The first-order valence-corrected chi connectivity index (χ1v) is 2.48. The van der Waals surface area contributed by atoms with Gasteiger partial charge in [0, 0.05) is 0 Å². The molecule has 0 atom stereocenters. The maximum absolute atomic E-state index is 10.1. The van der Waals surface area contributed by atoms with Crippen molar-refractivity contribution in [1.29, 1.82) is 0 Å². The van der Waals surface area contributed by atoms with Gasteiger partial charge < -0.3 is 9.84 Å². The van der Waals surface area contributed by atoms with Gasteiger partial charge in [0.1, 0.15) is 0 Å². The van der Waals surface area contributed by atoms with Crippen LogP contribution in [0.1, 0.15) is 6.92 Å². The number of aliphatic carboxylic acids is 1. The van der Waals surface area contributed by atoms with Crippen molar-refractivity contribution in [3.63, 3.8) is 0 Å². The molecular weight excluding hydrogens is 136 g/mol. The van der Waals surface area contributed by atoms with E-state index in [1.807, 2.05) is 0 Å². The molecule has 0 aromatic carbocycles. The second-order valence-electron chi connectivity index (χ2n) is 1.31. The van der Waals surface area contributed by atoms with Crippen LogP contribution in [0, 0.1) is 11.8 Å². The van der Waals surface area contributed by atoms with Crippen molar-refractivity contribution < 1.29 is 19.4 Å². The minimum atomic E-state index is -1.60. The number of esters is 1. The Morgan fingerprint density at radius 1 is 1.60 bits per heavy atom. The maximum Gasteiger partial charge on any atom is 0.418 e. The number of ether oxygens (including phenoxy) is 1. The van der Waals surface area contributed by atoms with Crippen molar-refractivity contribution in [3.8, 4) is 11.8 Å². The average Bonchev–Trinajstić information content (AvgIpc) is 1.88. The number of hydrogen-bond acceptors (Lipinski definition) is 3. The van der Waals surface area contributed by atoms with Crippen LogP contribution >= 0.6 is 0 Å². The molecule has 0 bridgehead atoms. The van der Waals surface area contributed by atoms with Gasteiger partial charge in [-0.3, -0.25) is 0 Å². The lowest BCUT2D eigenvalue weighted by Gasteiger charge is -1.91. The summed E-state index contributed by atoms with van der Waals surface area (Å²) in [7, 11) is 0. The molecule has 0 aliphatic carbocycles. The molecule has 0 unspecified atom stereocenters. The topological polar surface area (TPSA) is 63.6 Å². The predicted octanol–water partition coefficient (Wildman–Crippen LogP) is -0.363. The van der Waals surface area contributed by atoms with Gasteiger partial charge in [0.25, 0.3) is 0 Å². The monoisotopic (exact) mass is 142 g/mol. The third-order valence-corrected chi connectivity index (χ3v) is 0.627. The molecule has 0 aliphatic heterocycles. The first kappa shape index (κ1) is 8.50. The van der Waals surface area contributed by atoms with E-state index < -0.39 is 11.9 Å². The summed E-state index contributed by atoms with van der Waals surface area (Å²) in [5.74, 6) is 1.95. The van der Waals surface area contributed by atoms with Crippen molar-refractivity contribution in [1.82, 2.24) is 0 Å². The average molecular weight is 142 g/mol. The van der Waals surface area contributed by atoms with Crippen LogP contribution in [-0.2, 0) is 14.3 Å². The molecule has 1 N–H and O–H groups in total. The van der Waals surface area contributed by atoms with E-state index in [1.54, 1.807) is 6.92 Å². The molecule has 0 rings (SSSR count). The molecule has 0 saturated carbocycles. The van der Waals surface area contributed by atoms with Crippen LogP contribution in [0.2, 0.25) is 0 Å². The van der Waals surface area contributed by atoms with Crippen molar-refractivity contribution in [2.24, 2.45) is 0 Å². The van der Waals surface area contributed by atoms with E-state index in [9.17, 15) is 9.59 Å². The zero-order valence-electron chi connectivity index (χ0n) is 5.38. The van der Waals surface area contributed by atoms with Gasteiger partial charge in [-0.1, -0.05) is 5.92 Å². The van der Waals surface area contributed by atoms with E-state index in [4.69, 9.17) is 5.11 Å². The summed E-state index contributed by atoms with van der Waals surface area (Å²) in [6, 6.07) is 0. The number of carbonyl (C=O) groups excluding carboxylic acids is 1. The zero-order chi connectivity index (χ0) is 7.98. The summed E-state index contributed by atoms with van der Waals surface area (Å²) in [4.78, 5) is 19.9. The highest BCUT2D eigenvalue weighted by molar-refractivity contribution is 6.28. The van der Waals surface area contributed by atoms with E-state index >= 15 is 0 Å². The highest BCUT2D eigenvalue weighted by Crippen LogP contribution is 1.75. The first-order valence-electron chi connectivity index (χ1n) is 2.48. The summed E-state index contributed by atoms with van der Waals surface area (Å²) in [6.45, 7) is 1.40. The lowest BCUT2D eigenvalue weighted by Crippen LogP contribution is -2.16. The van der Waals surface area contributed by atoms with E-state index in [2.05, 4.69) is 16.6 Å². The van der Waals surface area contributed by atoms with Crippen molar-refractivity contribution in [2.45, 2.75) is 6.92 Å². The van der Waals surface area contributed by atoms with Crippen molar-refractivity contribution in [3.05, 3.63) is 0 Å². The van der Waals surface area contributed by atoms with Gasteiger partial charge in [-0.2, -0.15) is 0 Å². The molecule has 54 valence electrons. The first-order chi connectivity index (χ1) is 4.68. The third kappa shape index (κ3) is 3.50. The fraction of sp³-hybridized carbons (Fsp3) is 0.333. The maximum atomic E-state index is 10.1. The van der Waals surface area contributed by atoms with E-state index in [0.29, 0.717) is 0 Å². The summed E-state index contributed by atoms with van der Waals surface area (Å²) in [5, 5.41) is 7.96. The molecule has 0 aromatic heterocycles.